The first-order valence-electron chi connectivity index (χ1n) is 8.58. The molecule has 136 valence electrons. The van der Waals surface area contributed by atoms with E-state index in [1.54, 1.807) is 7.11 Å². The zero-order valence-electron chi connectivity index (χ0n) is 15.6. The summed E-state index contributed by atoms with van der Waals surface area (Å²) < 4.78 is 7.12. The lowest BCUT2D eigenvalue weighted by Crippen LogP contribution is -2.47. The van der Waals surface area contributed by atoms with E-state index in [0.717, 1.165) is 16.9 Å². The van der Waals surface area contributed by atoms with Gasteiger partial charge < -0.3 is 15.4 Å². The Morgan fingerprint density at radius 1 is 1.32 bits per heavy atom. The molecule has 0 saturated heterocycles. The van der Waals surface area contributed by atoms with Crippen molar-refractivity contribution in [2.24, 2.45) is 0 Å². The molecule has 1 heterocycles. The van der Waals surface area contributed by atoms with E-state index in [-0.39, 0.29) is 24.0 Å². The SMILES string of the molecule is COc1cccc(CNC(=O)C(C)NC(C)C(C)n2cc(C)cn2)c1. The van der Waals surface area contributed by atoms with Gasteiger partial charge in [-0.2, -0.15) is 5.10 Å². The third-order valence-corrected chi connectivity index (χ3v) is 4.38. The van der Waals surface area contributed by atoms with Gasteiger partial charge in [0.05, 0.1) is 25.4 Å². The van der Waals surface area contributed by atoms with E-state index in [2.05, 4.69) is 29.6 Å². The Bertz CT molecular complexity index is 698. The zero-order chi connectivity index (χ0) is 18.4. The highest BCUT2D eigenvalue weighted by molar-refractivity contribution is 5.81. The van der Waals surface area contributed by atoms with Crippen LogP contribution in [0.3, 0.4) is 0 Å². The summed E-state index contributed by atoms with van der Waals surface area (Å²) in [6.07, 6.45) is 3.85. The second-order valence-corrected chi connectivity index (χ2v) is 6.48. The zero-order valence-corrected chi connectivity index (χ0v) is 15.6. The fraction of sp³-hybridized carbons (Fsp3) is 0.474. The Labute approximate surface area is 149 Å². The Balaban J connectivity index is 1.84. The van der Waals surface area contributed by atoms with Crippen molar-refractivity contribution in [2.45, 2.75) is 52.4 Å². The number of amides is 1. The molecule has 3 atom stereocenters. The lowest BCUT2D eigenvalue weighted by atomic mass is 10.1. The van der Waals surface area contributed by atoms with Crippen molar-refractivity contribution in [3.63, 3.8) is 0 Å². The Kier molecular flexibility index (Phi) is 6.58. The minimum Gasteiger partial charge on any atom is -0.497 e. The summed E-state index contributed by atoms with van der Waals surface area (Å²) in [6, 6.07) is 7.65. The van der Waals surface area contributed by atoms with Crippen LogP contribution >= 0.6 is 0 Å². The van der Waals surface area contributed by atoms with Gasteiger partial charge in [-0.15, -0.1) is 0 Å². The standard InChI is InChI=1S/C19H28N4O2/c1-13-10-21-23(12-13)16(4)14(2)22-15(3)19(24)20-11-17-7-6-8-18(9-17)25-5/h6-10,12,14-16,22H,11H2,1-5H3,(H,20,24). The van der Waals surface area contributed by atoms with E-state index >= 15 is 0 Å². The van der Waals surface area contributed by atoms with Gasteiger partial charge in [0.15, 0.2) is 0 Å². The fourth-order valence-electron chi connectivity index (χ4n) is 2.62. The van der Waals surface area contributed by atoms with Crippen LogP contribution in [-0.2, 0) is 11.3 Å². The van der Waals surface area contributed by atoms with Crippen molar-refractivity contribution < 1.29 is 9.53 Å². The first-order chi connectivity index (χ1) is 11.9. The second-order valence-electron chi connectivity index (χ2n) is 6.48. The predicted molar refractivity (Wildman–Crippen MR) is 98.6 cm³/mol. The maximum absolute atomic E-state index is 12.3. The minimum absolute atomic E-state index is 0.0292. The maximum Gasteiger partial charge on any atom is 0.237 e. The van der Waals surface area contributed by atoms with E-state index in [9.17, 15) is 4.79 Å². The summed E-state index contributed by atoms with van der Waals surface area (Å²) in [5.41, 5.74) is 2.14. The lowest BCUT2D eigenvalue weighted by Gasteiger charge is -2.25. The summed E-state index contributed by atoms with van der Waals surface area (Å²) >= 11 is 0. The number of methoxy groups -OCH3 is 1. The van der Waals surface area contributed by atoms with Gasteiger partial charge >= 0.3 is 0 Å². The van der Waals surface area contributed by atoms with E-state index in [1.165, 1.54) is 0 Å². The first-order valence-corrected chi connectivity index (χ1v) is 8.58. The third kappa shape index (κ3) is 5.32. The smallest absolute Gasteiger partial charge is 0.237 e. The normalized spacial score (nSPS) is 14.6. The van der Waals surface area contributed by atoms with Gasteiger partial charge in [-0.25, -0.2) is 0 Å². The Morgan fingerprint density at radius 3 is 2.72 bits per heavy atom. The summed E-state index contributed by atoms with van der Waals surface area (Å²) in [5.74, 6) is 0.758. The highest BCUT2D eigenvalue weighted by Gasteiger charge is 2.20. The van der Waals surface area contributed by atoms with Crippen LogP contribution in [0.1, 0.15) is 37.9 Å². The molecule has 0 saturated carbocycles. The van der Waals surface area contributed by atoms with Crippen LogP contribution in [0.5, 0.6) is 5.75 Å². The monoisotopic (exact) mass is 344 g/mol. The summed E-state index contributed by atoms with van der Waals surface area (Å²) in [6.45, 7) is 8.52. The number of aryl methyl sites for hydroxylation is 1. The number of rotatable bonds is 8. The number of ether oxygens (including phenoxy) is 1. The van der Waals surface area contributed by atoms with Gasteiger partial charge in [-0.05, 0) is 51.0 Å². The van der Waals surface area contributed by atoms with Crippen molar-refractivity contribution in [2.75, 3.05) is 7.11 Å². The molecule has 1 aromatic carbocycles. The van der Waals surface area contributed by atoms with Crippen LogP contribution in [0.4, 0.5) is 0 Å². The number of hydrogen-bond acceptors (Lipinski definition) is 4. The number of hydrogen-bond donors (Lipinski definition) is 2. The average molecular weight is 344 g/mol. The number of carbonyl (C=O) groups is 1. The van der Waals surface area contributed by atoms with Gasteiger partial charge in [0.1, 0.15) is 5.75 Å². The molecular weight excluding hydrogens is 316 g/mol. The van der Waals surface area contributed by atoms with Crippen LogP contribution in [0.2, 0.25) is 0 Å². The van der Waals surface area contributed by atoms with Crippen LogP contribution in [0, 0.1) is 6.92 Å². The molecule has 2 rings (SSSR count). The maximum atomic E-state index is 12.3. The van der Waals surface area contributed by atoms with Crippen molar-refractivity contribution >= 4 is 5.91 Å². The van der Waals surface area contributed by atoms with Crippen molar-refractivity contribution in [1.82, 2.24) is 20.4 Å². The van der Waals surface area contributed by atoms with E-state index in [0.29, 0.717) is 6.54 Å². The highest BCUT2D eigenvalue weighted by atomic mass is 16.5. The molecule has 0 aliphatic rings. The predicted octanol–water partition coefficient (Wildman–Crippen LogP) is 2.44. The van der Waals surface area contributed by atoms with Crippen LogP contribution in [0.15, 0.2) is 36.7 Å². The van der Waals surface area contributed by atoms with Gasteiger partial charge in [0, 0.05) is 18.8 Å². The summed E-state index contributed by atoms with van der Waals surface area (Å²) in [4.78, 5) is 12.3. The highest BCUT2D eigenvalue weighted by Crippen LogP contribution is 2.13. The van der Waals surface area contributed by atoms with Gasteiger partial charge in [-0.3, -0.25) is 9.48 Å². The molecule has 0 aliphatic carbocycles. The fourth-order valence-corrected chi connectivity index (χ4v) is 2.62. The number of aromatic nitrogens is 2. The molecule has 0 spiro atoms. The number of nitrogens with one attached hydrogen (secondary N) is 2. The molecule has 6 nitrogen and oxygen atoms in total. The number of benzene rings is 1. The molecule has 0 aliphatic heterocycles. The van der Waals surface area contributed by atoms with Gasteiger partial charge in [0.25, 0.3) is 0 Å². The summed E-state index contributed by atoms with van der Waals surface area (Å²) in [7, 11) is 1.63. The molecule has 1 amide bonds. The van der Waals surface area contributed by atoms with E-state index < -0.39 is 0 Å². The van der Waals surface area contributed by atoms with Crippen LogP contribution in [-0.4, -0.2) is 34.9 Å². The van der Waals surface area contributed by atoms with Gasteiger partial charge in [0.2, 0.25) is 5.91 Å². The average Bonchev–Trinajstić information content (AvgIpc) is 3.05. The lowest BCUT2D eigenvalue weighted by molar-refractivity contribution is -0.123. The Morgan fingerprint density at radius 2 is 2.08 bits per heavy atom. The molecule has 0 bridgehead atoms. The largest absolute Gasteiger partial charge is 0.497 e. The molecule has 3 unspecified atom stereocenters. The number of carbonyl (C=O) groups excluding carboxylic acids is 1. The molecule has 25 heavy (non-hydrogen) atoms. The van der Waals surface area contributed by atoms with Crippen LogP contribution in [0.25, 0.3) is 0 Å². The van der Waals surface area contributed by atoms with Crippen LogP contribution < -0.4 is 15.4 Å². The topological polar surface area (TPSA) is 68.2 Å². The van der Waals surface area contributed by atoms with Crippen molar-refractivity contribution in [3.8, 4) is 5.75 Å². The summed E-state index contributed by atoms with van der Waals surface area (Å²) in [5, 5.41) is 10.7. The molecule has 0 fully saturated rings. The molecule has 0 radical (unpaired) electrons. The van der Waals surface area contributed by atoms with E-state index in [1.807, 2.05) is 55.2 Å². The molecule has 1 aromatic heterocycles. The second kappa shape index (κ2) is 8.67. The number of nitrogens with zero attached hydrogens (tertiary/aromatic N) is 2. The van der Waals surface area contributed by atoms with E-state index in [4.69, 9.17) is 4.74 Å². The molecule has 2 aromatic rings. The van der Waals surface area contributed by atoms with Crippen molar-refractivity contribution in [3.05, 3.63) is 47.8 Å². The first kappa shape index (κ1) is 19.0. The third-order valence-electron chi connectivity index (χ3n) is 4.38. The molecular formula is C19H28N4O2. The van der Waals surface area contributed by atoms with Crippen molar-refractivity contribution in [1.29, 1.82) is 0 Å². The Hall–Kier alpha value is -2.34. The molecule has 6 heteroatoms. The minimum atomic E-state index is -0.292. The molecule has 2 N–H and O–H groups in total. The quantitative estimate of drug-likeness (QED) is 0.772. The van der Waals surface area contributed by atoms with Gasteiger partial charge in [-0.1, -0.05) is 12.1 Å².